The van der Waals surface area contributed by atoms with Gasteiger partial charge in [-0.2, -0.15) is 0 Å². The number of hydrogen-bond donors (Lipinski definition) is 2. The van der Waals surface area contributed by atoms with Gasteiger partial charge in [0.15, 0.2) is 0 Å². The second-order valence-corrected chi connectivity index (χ2v) is 8.08. The van der Waals surface area contributed by atoms with Gasteiger partial charge >= 0.3 is 0 Å². The van der Waals surface area contributed by atoms with Gasteiger partial charge in [0, 0.05) is 30.1 Å². The molecule has 2 N–H and O–H groups in total. The summed E-state index contributed by atoms with van der Waals surface area (Å²) in [5.41, 5.74) is 1.16. The van der Waals surface area contributed by atoms with Gasteiger partial charge in [-0.25, -0.2) is 0 Å². The predicted octanol–water partition coefficient (Wildman–Crippen LogP) is 1.93. The highest BCUT2D eigenvalue weighted by molar-refractivity contribution is 6.03. The van der Waals surface area contributed by atoms with Crippen LogP contribution in [0.4, 0.5) is 0 Å². The number of hydrogen-bond acceptors (Lipinski definition) is 4. The zero-order valence-corrected chi connectivity index (χ0v) is 18.3. The van der Waals surface area contributed by atoms with Crippen molar-refractivity contribution in [2.24, 2.45) is 0 Å². The van der Waals surface area contributed by atoms with Crippen LogP contribution in [-0.4, -0.2) is 53.4 Å². The summed E-state index contributed by atoms with van der Waals surface area (Å²) in [6.07, 6.45) is 0. The summed E-state index contributed by atoms with van der Waals surface area (Å²) in [6, 6.07) is 16.9. The first-order valence-electron chi connectivity index (χ1n) is 10.4. The molecule has 3 aromatic rings. The highest BCUT2D eigenvalue weighted by atomic mass is 16.5. The summed E-state index contributed by atoms with van der Waals surface area (Å²) in [5.74, 6) is -0.263. The molecule has 0 unspecified atom stereocenters. The highest BCUT2D eigenvalue weighted by Crippen LogP contribution is 2.31. The molecule has 0 saturated heterocycles. The molecule has 4 rings (SSSR count). The standard InChI is InChI=1S/C24H26N4O4/c1-24(15-28-18-10-6-4-8-16(18)12-19(28)22(30)27(24)2)23(31)26-14-21(29)25-13-17-9-5-7-11-20(17)32-3/h4-12H,13-15H2,1-3H3,(H,25,29)(H,26,31)/t24-/m0/s1. The van der Waals surface area contributed by atoms with Crippen molar-refractivity contribution < 1.29 is 19.1 Å². The molecule has 2 aromatic carbocycles. The number of nitrogens with one attached hydrogen (secondary N) is 2. The normalized spacial score (nSPS) is 17.7. The first-order valence-corrected chi connectivity index (χ1v) is 10.4. The molecular weight excluding hydrogens is 408 g/mol. The van der Waals surface area contributed by atoms with Crippen LogP contribution in [0.25, 0.3) is 10.9 Å². The lowest BCUT2D eigenvalue weighted by molar-refractivity contribution is -0.134. The molecule has 8 heteroatoms. The van der Waals surface area contributed by atoms with Gasteiger partial charge in [0.05, 0.1) is 20.2 Å². The summed E-state index contributed by atoms with van der Waals surface area (Å²) >= 11 is 0. The Balaban J connectivity index is 1.43. The number of likely N-dealkylation sites (N-methyl/N-ethyl adjacent to an activating group) is 1. The number of aromatic nitrogens is 1. The Morgan fingerprint density at radius 3 is 2.59 bits per heavy atom. The van der Waals surface area contributed by atoms with Crippen LogP contribution in [0.15, 0.2) is 54.6 Å². The molecule has 32 heavy (non-hydrogen) atoms. The Labute approximate surface area is 186 Å². The molecule has 0 spiro atoms. The Morgan fingerprint density at radius 1 is 1.09 bits per heavy atom. The van der Waals surface area contributed by atoms with E-state index < -0.39 is 5.54 Å². The van der Waals surface area contributed by atoms with Crippen molar-refractivity contribution in [3.05, 3.63) is 65.9 Å². The highest BCUT2D eigenvalue weighted by Gasteiger charge is 2.45. The number of carbonyl (C=O) groups is 3. The van der Waals surface area contributed by atoms with Crippen LogP contribution in [0.1, 0.15) is 23.0 Å². The predicted molar refractivity (Wildman–Crippen MR) is 120 cm³/mol. The van der Waals surface area contributed by atoms with Crippen LogP contribution in [0.2, 0.25) is 0 Å². The van der Waals surface area contributed by atoms with E-state index in [0.717, 1.165) is 16.5 Å². The van der Waals surface area contributed by atoms with Gasteiger partial charge < -0.3 is 24.8 Å². The molecule has 0 bridgehead atoms. The third kappa shape index (κ3) is 3.68. The topological polar surface area (TPSA) is 92.7 Å². The lowest BCUT2D eigenvalue weighted by Crippen LogP contribution is -2.63. The van der Waals surface area contributed by atoms with Gasteiger partial charge in [-0.15, -0.1) is 0 Å². The molecule has 0 saturated carbocycles. The van der Waals surface area contributed by atoms with Crippen LogP contribution < -0.4 is 15.4 Å². The van der Waals surface area contributed by atoms with Crippen molar-refractivity contribution in [2.45, 2.75) is 25.6 Å². The number of ether oxygens (including phenoxy) is 1. The van der Waals surface area contributed by atoms with Crippen molar-refractivity contribution in [1.82, 2.24) is 20.1 Å². The summed E-state index contributed by atoms with van der Waals surface area (Å²) < 4.78 is 7.16. The fraction of sp³-hybridized carbons (Fsp3) is 0.292. The number of nitrogens with zero attached hydrogens (tertiary/aromatic N) is 2. The van der Waals surface area contributed by atoms with E-state index in [1.807, 2.05) is 59.2 Å². The Kier molecular flexibility index (Phi) is 5.61. The van der Waals surface area contributed by atoms with E-state index in [1.54, 1.807) is 21.1 Å². The van der Waals surface area contributed by atoms with Crippen molar-refractivity contribution in [1.29, 1.82) is 0 Å². The molecule has 3 amide bonds. The maximum atomic E-state index is 13.1. The zero-order valence-electron chi connectivity index (χ0n) is 18.3. The van der Waals surface area contributed by atoms with Crippen LogP contribution in [0.3, 0.4) is 0 Å². The average Bonchev–Trinajstić information content (AvgIpc) is 3.18. The first kappa shape index (κ1) is 21.4. The molecule has 8 nitrogen and oxygen atoms in total. The van der Waals surface area contributed by atoms with E-state index in [1.165, 1.54) is 4.90 Å². The minimum atomic E-state index is -1.13. The van der Waals surface area contributed by atoms with E-state index in [4.69, 9.17) is 4.74 Å². The second-order valence-electron chi connectivity index (χ2n) is 8.08. The van der Waals surface area contributed by atoms with E-state index in [9.17, 15) is 14.4 Å². The molecule has 1 aliphatic rings. The van der Waals surface area contributed by atoms with Crippen LogP contribution >= 0.6 is 0 Å². The summed E-state index contributed by atoms with van der Waals surface area (Å²) in [4.78, 5) is 39.9. The number of rotatable bonds is 6. The van der Waals surface area contributed by atoms with E-state index in [2.05, 4.69) is 10.6 Å². The number of methoxy groups -OCH3 is 1. The minimum absolute atomic E-state index is 0.190. The Bertz CT molecular complexity index is 1200. The fourth-order valence-electron chi connectivity index (χ4n) is 4.05. The second kappa shape index (κ2) is 8.37. The summed E-state index contributed by atoms with van der Waals surface area (Å²) in [5, 5.41) is 6.42. The van der Waals surface area contributed by atoms with E-state index in [0.29, 0.717) is 18.0 Å². The lowest BCUT2D eigenvalue weighted by Gasteiger charge is -2.41. The fourth-order valence-corrected chi connectivity index (χ4v) is 4.05. The maximum absolute atomic E-state index is 13.1. The van der Waals surface area contributed by atoms with Gasteiger partial charge in [-0.05, 0) is 25.1 Å². The number of para-hydroxylation sites is 2. The molecule has 1 atom stereocenters. The zero-order chi connectivity index (χ0) is 22.9. The lowest BCUT2D eigenvalue weighted by atomic mass is 9.95. The number of amides is 3. The van der Waals surface area contributed by atoms with Crippen LogP contribution in [0.5, 0.6) is 5.75 Å². The molecule has 0 aliphatic carbocycles. The largest absolute Gasteiger partial charge is 0.496 e. The Morgan fingerprint density at radius 2 is 1.81 bits per heavy atom. The van der Waals surface area contributed by atoms with Crippen LogP contribution in [0, 0.1) is 0 Å². The molecule has 166 valence electrons. The third-order valence-electron chi connectivity index (χ3n) is 6.11. The molecule has 0 fully saturated rings. The number of fused-ring (bicyclic) bond motifs is 3. The number of benzene rings is 2. The molecule has 1 aliphatic heterocycles. The van der Waals surface area contributed by atoms with E-state index >= 15 is 0 Å². The average molecular weight is 434 g/mol. The Hall–Kier alpha value is -3.81. The summed E-state index contributed by atoms with van der Waals surface area (Å²) in [6.45, 7) is 2.11. The first-order chi connectivity index (χ1) is 15.3. The summed E-state index contributed by atoms with van der Waals surface area (Å²) in [7, 11) is 3.19. The molecule has 1 aromatic heterocycles. The van der Waals surface area contributed by atoms with Gasteiger partial charge in [0.1, 0.15) is 17.0 Å². The van der Waals surface area contributed by atoms with Gasteiger partial charge in [-0.1, -0.05) is 36.4 Å². The number of carbonyl (C=O) groups excluding carboxylic acids is 3. The monoisotopic (exact) mass is 434 g/mol. The maximum Gasteiger partial charge on any atom is 0.271 e. The van der Waals surface area contributed by atoms with Crippen molar-refractivity contribution in [2.75, 3.05) is 20.7 Å². The molecule has 2 heterocycles. The van der Waals surface area contributed by atoms with Crippen molar-refractivity contribution in [3.8, 4) is 5.75 Å². The van der Waals surface area contributed by atoms with Gasteiger partial charge in [-0.3, -0.25) is 14.4 Å². The quantitative estimate of drug-likeness (QED) is 0.620. The van der Waals surface area contributed by atoms with E-state index in [-0.39, 0.29) is 30.8 Å². The van der Waals surface area contributed by atoms with Gasteiger partial charge in [0.2, 0.25) is 11.8 Å². The third-order valence-corrected chi connectivity index (χ3v) is 6.11. The van der Waals surface area contributed by atoms with Gasteiger partial charge in [0.25, 0.3) is 5.91 Å². The van der Waals surface area contributed by atoms with Crippen molar-refractivity contribution >= 4 is 28.6 Å². The smallest absolute Gasteiger partial charge is 0.271 e. The van der Waals surface area contributed by atoms with Crippen LogP contribution in [-0.2, 0) is 22.7 Å². The minimum Gasteiger partial charge on any atom is -0.496 e. The van der Waals surface area contributed by atoms with Crippen molar-refractivity contribution in [3.63, 3.8) is 0 Å². The molecule has 0 radical (unpaired) electrons. The SMILES string of the molecule is COc1ccccc1CNC(=O)CNC(=O)[C@]1(C)Cn2c(cc3ccccc32)C(=O)N1C. The molecular formula is C24H26N4O4.